The molecule has 3 heterocycles. The van der Waals surface area contributed by atoms with Gasteiger partial charge in [0.25, 0.3) is 0 Å². The number of anilines is 1. The van der Waals surface area contributed by atoms with E-state index in [1.54, 1.807) is 18.3 Å². The van der Waals surface area contributed by atoms with E-state index in [9.17, 15) is 14.7 Å². The number of ether oxygens (including phenoxy) is 1. The van der Waals surface area contributed by atoms with Gasteiger partial charge < -0.3 is 20.5 Å². The second-order valence-electron chi connectivity index (χ2n) is 8.71. The van der Waals surface area contributed by atoms with Crippen molar-refractivity contribution in [2.75, 3.05) is 19.0 Å². The molecule has 1 fully saturated rings. The van der Waals surface area contributed by atoms with Crippen LogP contribution in [0.15, 0.2) is 30.5 Å². The van der Waals surface area contributed by atoms with Gasteiger partial charge in [-0.25, -0.2) is 9.97 Å². The quantitative estimate of drug-likeness (QED) is 0.551. The summed E-state index contributed by atoms with van der Waals surface area (Å²) >= 11 is 0. The molecule has 0 bridgehead atoms. The summed E-state index contributed by atoms with van der Waals surface area (Å²) in [5, 5.41) is 15.5. The number of pyridine rings is 2. The normalized spacial score (nSPS) is 20.3. The van der Waals surface area contributed by atoms with Gasteiger partial charge in [0.15, 0.2) is 0 Å². The van der Waals surface area contributed by atoms with Crippen LogP contribution in [0.25, 0.3) is 0 Å². The number of aromatic nitrogens is 2. The lowest BCUT2D eigenvalue weighted by Crippen LogP contribution is -2.41. The van der Waals surface area contributed by atoms with E-state index in [4.69, 9.17) is 9.72 Å². The Kier molecular flexibility index (Phi) is 6.87. The smallest absolute Gasteiger partial charge is 0.305 e. The molecule has 2 aromatic heterocycles. The van der Waals surface area contributed by atoms with Crippen LogP contribution in [0, 0.1) is 11.8 Å². The van der Waals surface area contributed by atoms with Gasteiger partial charge in [0.1, 0.15) is 5.82 Å². The Labute approximate surface area is 187 Å². The number of hydrogen-bond donors (Lipinski definition) is 3. The van der Waals surface area contributed by atoms with Crippen LogP contribution in [-0.2, 0) is 22.4 Å². The van der Waals surface area contributed by atoms with Crippen LogP contribution in [0.4, 0.5) is 5.82 Å². The molecule has 4 rings (SSSR count). The standard InChI is InChI=1S/C24H30N4O4/c1-32-21-9-6-17(14-26-21)20(13-22(29)30)28-24(31)18-11-15(12-18)4-7-19-8-5-16-3-2-10-25-23(16)27-19/h5-6,8-9,14-15,18,20H,2-4,7,10-13H2,1H3,(H,25,27)(H,28,31)(H,29,30)/t15-,18-,20-/m0/s1. The first-order chi connectivity index (χ1) is 15.5. The van der Waals surface area contributed by atoms with Gasteiger partial charge in [0.05, 0.1) is 19.6 Å². The molecule has 0 unspecified atom stereocenters. The Morgan fingerprint density at radius 1 is 1.28 bits per heavy atom. The van der Waals surface area contributed by atoms with Gasteiger partial charge >= 0.3 is 5.97 Å². The highest BCUT2D eigenvalue weighted by molar-refractivity contribution is 5.80. The lowest BCUT2D eigenvalue weighted by atomic mass is 9.72. The van der Waals surface area contributed by atoms with E-state index in [2.05, 4.69) is 27.8 Å². The molecule has 2 aliphatic rings. The lowest BCUT2D eigenvalue weighted by molar-refractivity contribution is -0.138. The molecular weight excluding hydrogens is 408 g/mol. The first kappa shape index (κ1) is 22.0. The van der Waals surface area contributed by atoms with Gasteiger partial charge in [-0.1, -0.05) is 12.1 Å². The fourth-order valence-corrected chi connectivity index (χ4v) is 4.48. The van der Waals surface area contributed by atoms with Gasteiger partial charge in [0.2, 0.25) is 11.8 Å². The van der Waals surface area contributed by atoms with Crippen LogP contribution in [-0.4, -0.2) is 40.6 Å². The van der Waals surface area contributed by atoms with Crippen LogP contribution < -0.4 is 15.4 Å². The highest BCUT2D eigenvalue weighted by Crippen LogP contribution is 2.37. The highest BCUT2D eigenvalue weighted by Gasteiger charge is 2.35. The molecule has 170 valence electrons. The maximum Gasteiger partial charge on any atom is 0.305 e. The number of nitrogens with one attached hydrogen (secondary N) is 2. The fourth-order valence-electron chi connectivity index (χ4n) is 4.48. The number of amides is 1. The number of aliphatic carboxylic acids is 1. The number of rotatable bonds is 9. The second-order valence-corrected chi connectivity index (χ2v) is 8.71. The Morgan fingerprint density at radius 3 is 2.84 bits per heavy atom. The molecule has 1 atom stereocenters. The minimum absolute atomic E-state index is 0.0688. The number of methoxy groups -OCH3 is 1. The van der Waals surface area contributed by atoms with E-state index in [0.29, 0.717) is 17.4 Å². The molecule has 0 saturated heterocycles. The molecule has 0 spiro atoms. The predicted molar refractivity (Wildman–Crippen MR) is 120 cm³/mol. The molecule has 2 aromatic rings. The molecule has 0 radical (unpaired) electrons. The van der Waals surface area contributed by atoms with Crippen molar-refractivity contribution in [1.29, 1.82) is 0 Å². The Morgan fingerprint density at radius 2 is 2.12 bits per heavy atom. The number of aryl methyl sites for hydroxylation is 2. The number of carbonyl (C=O) groups is 2. The van der Waals surface area contributed by atoms with Gasteiger partial charge in [-0.15, -0.1) is 0 Å². The third-order valence-corrected chi connectivity index (χ3v) is 6.43. The predicted octanol–water partition coefficient (Wildman–Crippen LogP) is 3.13. The van der Waals surface area contributed by atoms with Gasteiger partial charge in [-0.3, -0.25) is 9.59 Å². The van der Waals surface area contributed by atoms with Crippen molar-refractivity contribution < 1.29 is 19.4 Å². The van der Waals surface area contributed by atoms with Crippen LogP contribution >= 0.6 is 0 Å². The first-order valence-electron chi connectivity index (χ1n) is 11.3. The molecule has 3 N–H and O–H groups in total. The summed E-state index contributed by atoms with van der Waals surface area (Å²) in [4.78, 5) is 32.9. The van der Waals surface area contributed by atoms with Crippen molar-refractivity contribution >= 4 is 17.7 Å². The van der Waals surface area contributed by atoms with Crippen LogP contribution in [0.5, 0.6) is 5.88 Å². The van der Waals surface area contributed by atoms with Crippen LogP contribution in [0.1, 0.15) is 55.0 Å². The van der Waals surface area contributed by atoms with Crippen molar-refractivity contribution in [1.82, 2.24) is 15.3 Å². The maximum absolute atomic E-state index is 12.7. The molecule has 1 amide bonds. The monoisotopic (exact) mass is 438 g/mol. The Bertz CT molecular complexity index is 957. The van der Waals surface area contributed by atoms with E-state index in [-0.39, 0.29) is 18.2 Å². The zero-order valence-electron chi connectivity index (χ0n) is 18.3. The summed E-state index contributed by atoms with van der Waals surface area (Å²) in [7, 11) is 1.52. The van der Waals surface area contributed by atoms with E-state index >= 15 is 0 Å². The zero-order valence-corrected chi connectivity index (χ0v) is 18.3. The van der Waals surface area contributed by atoms with Crippen molar-refractivity contribution in [2.24, 2.45) is 11.8 Å². The Hall–Kier alpha value is -3.16. The number of carbonyl (C=O) groups excluding carboxylic acids is 1. The summed E-state index contributed by atoms with van der Waals surface area (Å²) in [6, 6.07) is 7.10. The van der Waals surface area contributed by atoms with E-state index in [0.717, 1.165) is 56.6 Å². The molecule has 0 aromatic carbocycles. The first-order valence-corrected chi connectivity index (χ1v) is 11.3. The summed E-state index contributed by atoms with van der Waals surface area (Å²) in [5.41, 5.74) is 3.05. The minimum Gasteiger partial charge on any atom is -0.481 e. The molecule has 32 heavy (non-hydrogen) atoms. The largest absolute Gasteiger partial charge is 0.481 e. The van der Waals surface area contributed by atoms with Crippen molar-refractivity contribution in [3.8, 4) is 5.88 Å². The van der Waals surface area contributed by atoms with Gasteiger partial charge in [0, 0.05) is 30.4 Å². The number of carboxylic acid groups (broad SMARTS) is 1. The molecule has 8 heteroatoms. The van der Waals surface area contributed by atoms with E-state index in [1.165, 1.54) is 12.7 Å². The molecule has 8 nitrogen and oxygen atoms in total. The average Bonchev–Trinajstić information content (AvgIpc) is 2.77. The highest BCUT2D eigenvalue weighted by atomic mass is 16.5. The molecular formula is C24H30N4O4. The average molecular weight is 439 g/mol. The summed E-state index contributed by atoms with van der Waals surface area (Å²) in [5.74, 6) is 0.846. The fraction of sp³-hybridized carbons (Fsp3) is 0.500. The molecule has 1 aliphatic heterocycles. The number of carboxylic acids is 1. The van der Waals surface area contributed by atoms with Crippen LogP contribution in [0.3, 0.4) is 0 Å². The van der Waals surface area contributed by atoms with E-state index < -0.39 is 12.0 Å². The van der Waals surface area contributed by atoms with Gasteiger partial charge in [-0.2, -0.15) is 0 Å². The summed E-state index contributed by atoms with van der Waals surface area (Å²) < 4.78 is 5.05. The maximum atomic E-state index is 12.7. The second kappa shape index (κ2) is 9.97. The summed E-state index contributed by atoms with van der Waals surface area (Å²) in [6.07, 6.45) is 7.19. The van der Waals surface area contributed by atoms with Crippen molar-refractivity contribution in [3.05, 3.63) is 47.3 Å². The number of hydrogen-bond acceptors (Lipinski definition) is 6. The molecule has 1 aliphatic carbocycles. The zero-order chi connectivity index (χ0) is 22.5. The topological polar surface area (TPSA) is 113 Å². The third kappa shape index (κ3) is 5.36. The lowest BCUT2D eigenvalue weighted by Gasteiger charge is -2.35. The SMILES string of the molecule is COc1ccc([C@H](CC(=O)O)NC(=O)[C@H]2C[C@H](CCc3ccc4c(n3)NCCC4)C2)cn1. The third-order valence-electron chi connectivity index (χ3n) is 6.43. The van der Waals surface area contributed by atoms with Crippen molar-refractivity contribution in [2.45, 2.75) is 51.0 Å². The van der Waals surface area contributed by atoms with Crippen molar-refractivity contribution in [3.63, 3.8) is 0 Å². The van der Waals surface area contributed by atoms with Crippen LogP contribution in [0.2, 0.25) is 0 Å². The Balaban J connectivity index is 1.26. The van der Waals surface area contributed by atoms with E-state index in [1.807, 2.05) is 0 Å². The number of fused-ring (bicyclic) bond motifs is 1. The molecule has 1 saturated carbocycles. The summed E-state index contributed by atoms with van der Waals surface area (Å²) in [6.45, 7) is 0.984. The number of nitrogens with zero attached hydrogens (tertiary/aromatic N) is 2. The van der Waals surface area contributed by atoms with Gasteiger partial charge in [-0.05, 0) is 61.6 Å². The minimum atomic E-state index is -0.968.